The lowest BCUT2D eigenvalue weighted by atomic mass is 10.0. The molecule has 0 atom stereocenters. The molecule has 0 aliphatic rings. The highest BCUT2D eigenvalue weighted by Gasteiger charge is 2.31. The van der Waals surface area contributed by atoms with Gasteiger partial charge in [0.2, 0.25) is 0 Å². The third-order valence-corrected chi connectivity index (χ3v) is 4.78. The Bertz CT molecular complexity index is 1190. The zero-order valence-corrected chi connectivity index (χ0v) is 17.4. The topological polar surface area (TPSA) is 75.6 Å². The largest absolute Gasteiger partial charge is 0.494 e. The number of amides is 1. The van der Waals surface area contributed by atoms with Gasteiger partial charge in [-0.1, -0.05) is 18.2 Å². The van der Waals surface area contributed by atoms with Crippen LogP contribution in [-0.2, 0) is 12.7 Å². The highest BCUT2D eigenvalue weighted by atomic mass is 19.4. The van der Waals surface area contributed by atoms with Gasteiger partial charge in [0, 0.05) is 12.1 Å². The SMILES string of the molecule is CCOc1ccc(-c2cccc(C(=O)O)c2)cc1CNC(=O)c1ccc(C(F)(F)F)cc1F. The minimum Gasteiger partial charge on any atom is -0.494 e. The minimum atomic E-state index is -4.72. The van der Waals surface area contributed by atoms with Crippen molar-refractivity contribution < 1.29 is 37.0 Å². The number of halogens is 4. The molecule has 5 nitrogen and oxygen atoms in total. The van der Waals surface area contributed by atoms with Gasteiger partial charge in [-0.25, -0.2) is 9.18 Å². The molecule has 2 N–H and O–H groups in total. The molecule has 1 amide bonds. The average molecular weight is 461 g/mol. The van der Waals surface area contributed by atoms with Crippen LogP contribution in [-0.4, -0.2) is 23.6 Å². The van der Waals surface area contributed by atoms with Crippen molar-refractivity contribution in [1.29, 1.82) is 0 Å². The van der Waals surface area contributed by atoms with Crippen molar-refractivity contribution in [1.82, 2.24) is 5.32 Å². The zero-order valence-electron chi connectivity index (χ0n) is 17.4. The fourth-order valence-corrected chi connectivity index (χ4v) is 3.17. The van der Waals surface area contributed by atoms with Crippen LogP contribution in [0.5, 0.6) is 5.75 Å². The highest BCUT2D eigenvalue weighted by Crippen LogP contribution is 2.31. The first-order valence-corrected chi connectivity index (χ1v) is 9.84. The van der Waals surface area contributed by atoms with Gasteiger partial charge in [0.05, 0.1) is 23.3 Å². The molecular formula is C24H19F4NO4. The number of benzene rings is 3. The van der Waals surface area contributed by atoms with E-state index in [1.807, 2.05) is 0 Å². The molecule has 0 aliphatic heterocycles. The summed E-state index contributed by atoms with van der Waals surface area (Å²) in [6.07, 6.45) is -4.72. The van der Waals surface area contributed by atoms with E-state index in [1.165, 1.54) is 12.1 Å². The molecule has 33 heavy (non-hydrogen) atoms. The van der Waals surface area contributed by atoms with Crippen LogP contribution in [0.4, 0.5) is 17.6 Å². The van der Waals surface area contributed by atoms with E-state index in [9.17, 15) is 32.3 Å². The van der Waals surface area contributed by atoms with Crippen molar-refractivity contribution in [2.24, 2.45) is 0 Å². The molecule has 0 radical (unpaired) electrons. The molecule has 0 heterocycles. The number of carbonyl (C=O) groups excluding carboxylic acids is 1. The molecule has 3 aromatic carbocycles. The lowest BCUT2D eigenvalue weighted by Crippen LogP contribution is -2.24. The molecule has 0 saturated heterocycles. The molecule has 0 saturated carbocycles. The number of carboxylic acids is 1. The van der Waals surface area contributed by atoms with E-state index < -0.39 is 35.0 Å². The maximum Gasteiger partial charge on any atom is 0.416 e. The van der Waals surface area contributed by atoms with Gasteiger partial charge in [-0.15, -0.1) is 0 Å². The Morgan fingerprint density at radius 3 is 2.36 bits per heavy atom. The van der Waals surface area contributed by atoms with E-state index in [-0.39, 0.29) is 18.2 Å². The molecule has 3 rings (SSSR count). The van der Waals surface area contributed by atoms with Gasteiger partial charge >= 0.3 is 12.1 Å². The summed E-state index contributed by atoms with van der Waals surface area (Å²) in [4.78, 5) is 23.7. The van der Waals surface area contributed by atoms with Gasteiger partial charge in [-0.3, -0.25) is 4.79 Å². The summed E-state index contributed by atoms with van der Waals surface area (Å²) in [6.45, 7) is 2.01. The maximum absolute atomic E-state index is 14.1. The normalized spacial score (nSPS) is 11.2. The van der Waals surface area contributed by atoms with E-state index in [1.54, 1.807) is 37.3 Å². The maximum atomic E-state index is 14.1. The summed E-state index contributed by atoms with van der Waals surface area (Å²) in [5.74, 6) is -2.80. The van der Waals surface area contributed by atoms with Crippen LogP contribution in [0.3, 0.4) is 0 Å². The molecule has 0 unspecified atom stereocenters. The number of carbonyl (C=O) groups is 2. The Morgan fingerprint density at radius 2 is 1.73 bits per heavy atom. The Labute approximate surface area is 186 Å². The Kier molecular flexibility index (Phi) is 7.01. The highest BCUT2D eigenvalue weighted by molar-refractivity contribution is 5.94. The van der Waals surface area contributed by atoms with Gasteiger partial charge in [-0.2, -0.15) is 13.2 Å². The molecule has 0 aromatic heterocycles. The minimum absolute atomic E-state index is 0.0961. The number of rotatable bonds is 7. The lowest BCUT2D eigenvalue weighted by molar-refractivity contribution is -0.137. The predicted octanol–water partition coefficient (Wildman–Crippen LogP) is 5.54. The zero-order chi connectivity index (χ0) is 24.2. The Hall–Kier alpha value is -3.88. The summed E-state index contributed by atoms with van der Waals surface area (Å²) in [5, 5.41) is 11.7. The summed E-state index contributed by atoms with van der Waals surface area (Å²) in [6, 6.07) is 13.1. The van der Waals surface area contributed by atoms with Crippen molar-refractivity contribution in [2.45, 2.75) is 19.6 Å². The summed E-state index contributed by atoms with van der Waals surface area (Å²) in [5.41, 5.74) is 0.202. The number of hydrogen-bond acceptors (Lipinski definition) is 3. The predicted molar refractivity (Wildman–Crippen MR) is 113 cm³/mol. The molecule has 0 spiro atoms. The summed E-state index contributed by atoms with van der Waals surface area (Å²) in [7, 11) is 0. The van der Waals surface area contributed by atoms with Crippen molar-refractivity contribution in [2.75, 3.05) is 6.61 Å². The van der Waals surface area contributed by atoms with Crippen LogP contribution in [0.25, 0.3) is 11.1 Å². The van der Waals surface area contributed by atoms with E-state index in [0.29, 0.717) is 35.1 Å². The average Bonchev–Trinajstić information content (AvgIpc) is 2.77. The van der Waals surface area contributed by atoms with Gasteiger partial charge in [0.15, 0.2) is 0 Å². The molecule has 0 aliphatic carbocycles. The molecule has 172 valence electrons. The van der Waals surface area contributed by atoms with Gasteiger partial charge in [0.1, 0.15) is 11.6 Å². The van der Waals surface area contributed by atoms with Gasteiger partial charge < -0.3 is 15.2 Å². The molecule has 0 fully saturated rings. The van der Waals surface area contributed by atoms with Crippen molar-refractivity contribution in [3.8, 4) is 16.9 Å². The van der Waals surface area contributed by atoms with Crippen LogP contribution >= 0.6 is 0 Å². The first-order valence-electron chi connectivity index (χ1n) is 9.84. The number of ether oxygens (including phenoxy) is 1. The molecule has 0 bridgehead atoms. The van der Waals surface area contributed by atoms with Gasteiger partial charge in [-0.05, 0) is 60.5 Å². The first-order chi connectivity index (χ1) is 15.6. The standard InChI is InChI=1S/C24H19F4NO4/c1-2-33-21-9-6-15(14-4-3-5-16(10-14)23(31)32)11-17(21)13-29-22(30)19-8-7-18(12-20(19)25)24(26,27)28/h3-12H,2,13H2,1H3,(H,29,30)(H,31,32). The Morgan fingerprint density at radius 1 is 1.00 bits per heavy atom. The van der Waals surface area contributed by atoms with E-state index in [0.717, 1.165) is 6.07 Å². The van der Waals surface area contributed by atoms with Crippen molar-refractivity contribution in [3.63, 3.8) is 0 Å². The third-order valence-electron chi connectivity index (χ3n) is 4.78. The first kappa shape index (κ1) is 23.8. The van der Waals surface area contributed by atoms with Crippen LogP contribution in [0.2, 0.25) is 0 Å². The van der Waals surface area contributed by atoms with Gasteiger partial charge in [0.25, 0.3) is 5.91 Å². The van der Waals surface area contributed by atoms with Crippen LogP contribution in [0, 0.1) is 5.82 Å². The van der Waals surface area contributed by atoms with Crippen LogP contribution in [0.15, 0.2) is 60.7 Å². The monoisotopic (exact) mass is 461 g/mol. The van der Waals surface area contributed by atoms with Crippen molar-refractivity contribution >= 4 is 11.9 Å². The molecular weight excluding hydrogens is 442 g/mol. The molecule has 3 aromatic rings. The number of alkyl halides is 3. The fourth-order valence-electron chi connectivity index (χ4n) is 3.17. The second-order valence-corrected chi connectivity index (χ2v) is 7.02. The van der Waals surface area contributed by atoms with Crippen LogP contribution < -0.4 is 10.1 Å². The quantitative estimate of drug-likeness (QED) is 0.453. The summed E-state index contributed by atoms with van der Waals surface area (Å²) < 4.78 is 57.8. The summed E-state index contributed by atoms with van der Waals surface area (Å²) >= 11 is 0. The smallest absolute Gasteiger partial charge is 0.416 e. The third kappa shape index (κ3) is 5.68. The number of nitrogens with one attached hydrogen (secondary N) is 1. The molecule has 9 heteroatoms. The number of carboxylic acid groups (broad SMARTS) is 1. The van der Waals surface area contributed by atoms with Crippen LogP contribution in [0.1, 0.15) is 38.8 Å². The fraction of sp³-hybridized carbons (Fsp3) is 0.167. The van der Waals surface area contributed by atoms with E-state index in [2.05, 4.69) is 5.32 Å². The van der Waals surface area contributed by atoms with E-state index >= 15 is 0 Å². The second-order valence-electron chi connectivity index (χ2n) is 7.02. The number of hydrogen-bond donors (Lipinski definition) is 2. The van der Waals surface area contributed by atoms with E-state index in [4.69, 9.17) is 4.74 Å². The Balaban J connectivity index is 1.85. The number of aromatic carboxylic acids is 1. The second kappa shape index (κ2) is 9.72. The lowest BCUT2D eigenvalue weighted by Gasteiger charge is -2.14. The van der Waals surface area contributed by atoms with Crippen molar-refractivity contribution in [3.05, 3.63) is 88.7 Å².